The van der Waals surface area contributed by atoms with Gasteiger partial charge in [0.25, 0.3) is 0 Å². The number of rotatable bonds is 1. The summed E-state index contributed by atoms with van der Waals surface area (Å²) in [6, 6.07) is 0. The van der Waals surface area contributed by atoms with Gasteiger partial charge in [-0.1, -0.05) is 12.8 Å². The number of aliphatic carboxylic acids is 1. The van der Waals surface area contributed by atoms with Crippen LogP contribution in [-0.4, -0.2) is 35.9 Å². The highest BCUT2D eigenvalue weighted by Crippen LogP contribution is 2.31. The van der Waals surface area contributed by atoms with E-state index in [1.807, 2.05) is 0 Å². The number of hydrogen-bond donors (Lipinski definition) is 2. The molecule has 0 amide bonds. The molecule has 74 valence electrons. The van der Waals surface area contributed by atoms with E-state index >= 15 is 0 Å². The van der Waals surface area contributed by atoms with Gasteiger partial charge in [-0.25, -0.2) is 4.79 Å². The van der Waals surface area contributed by atoms with E-state index in [2.05, 4.69) is 5.32 Å². The molecule has 1 aliphatic carbocycles. The fraction of sp³-hybridized carbons (Fsp3) is 0.889. The summed E-state index contributed by atoms with van der Waals surface area (Å²) in [5.41, 5.74) is 0.103. The van der Waals surface area contributed by atoms with E-state index in [1.165, 1.54) is 12.8 Å². The molecule has 1 aliphatic heterocycles. The van der Waals surface area contributed by atoms with Crippen LogP contribution >= 0.6 is 0 Å². The van der Waals surface area contributed by atoms with Gasteiger partial charge >= 0.3 is 5.97 Å². The molecule has 1 heterocycles. The Balaban J connectivity index is 1.91. The molecule has 0 bridgehead atoms. The first-order valence-electron chi connectivity index (χ1n) is 4.81. The molecular weight excluding hydrogens is 170 g/mol. The van der Waals surface area contributed by atoms with Gasteiger partial charge in [-0.3, -0.25) is 0 Å². The predicted molar refractivity (Wildman–Crippen MR) is 46.6 cm³/mol. The van der Waals surface area contributed by atoms with Crippen LogP contribution < -0.4 is 5.32 Å². The average Bonchev–Trinajstić information content (AvgIpc) is 2.54. The first kappa shape index (κ1) is 8.97. The molecule has 0 aromatic rings. The van der Waals surface area contributed by atoms with Gasteiger partial charge in [0.15, 0.2) is 6.10 Å². The molecule has 2 aliphatic rings. The second-order valence-corrected chi connectivity index (χ2v) is 4.01. The summed E-state index contributed by atoms with van der Waals surface area (Å²) in [4.78, 5) is 10.6. The monoisotopic (exact) mass is 185 g/mol. The van der Waals surface area contributed by atoms with Gasteiger partial charge in [0.05, 0.1) is 6.61 Å². The highest BCUT2D eigenvalue weighted by atomic mass is 16.5. The first-order chi connectivity index (χ1) is 6.22. The molecule has 0 aromatic heterocycles. The van der Waals surface area contributed by atoms with Crippen molar-refractivity contribution in [2.75, 3.05) is 13.2 Å². The minimum atomic E-state index is -0.861. The van der Waals surface area contributed by atoms with E-state index in [1.54, 1.807) is 0 Å². The van der Waals surface area contributed by atoms with Gasteiger partial charge in [-0.15, -0.1) is 0 Å². The van der Waals surface area contributed by atoms with Crippen molar-refractivity contribution in [1.29, 1.82) is 0 Å². The van der Waals surface area contributed by atoms with E-state index in [-0.39, 0.29) is 5.54 Å². The Kier molecular flexibility index (Phi) is 2.26. The molecule has 2 N–H and O–H groups in total. The molecular formula is C9H15NO3. The summed E-state index contributed by atoms with van der Waals surface area (Å²) in [7, 11) is 0. The van der Waals surface area contributed by atoms with Crippen molar-refractivity contribution in [1.82, 2.24) is 5.32 Å². The van der Waals surface area contributed by atoms with Crippen LogP contribution in [0.5, 0.6) is 0 Å². The van der Waals surface area contributed by atoms with Crippen LogP contribution in [0.15, 0.2) is 0 Å². The summed E-state index contributed by atoms with van der Waals surface area (Å²) in [6.45, 7) is 1.01. The van der Waals surface area contributed by atoms with E-state index in [4.69, 9.17) is 9.84 Å². The molecule has 1 saturated heterocycles. The lowest BCUT2D eigenvalue weighted by molar-refractivity contribution is -0.155. The molecule has 13 heavy (non-hydrogen) atoms. The van der Waals surface area contributed by atoms with Gasteiger partial charge < -0.3 is 15.2 Å². The molecule has 1 unspecified atom stereocenters. The number of carboxylic acids is 1. The summed E-state index contributed by atoms with van der Waals surface area (Å²) in [5.74, 6) is -0.861. The van der Waals surface area contributed by atoms with E-state index in [0.717, 1.165) is 12.8 Å². The Morgan fingerprint density at radius 2 is 2.15 bits per heavy atom. The van der Waals surface area contributed by atoms with Crippen molar-refractivity contribution in [3.63, 3.8) is 0 Å². The molecule has 1 atom stereocenters. The molecule has 0 aromatic carbocycles. The third kappa shape index (κ3) is 1.69. The second-order valence-electron chi connectivity index (χ2n) is 4.01. The van der Waals surface area contributed by atoms with Crippen LogP contribution in [-0.2, 0) is 9.53 Å². The Labute approximate surface area is 77.3 Å². The summed E-state index contributed by atoms with van der Waals surface area (Å²) >= 11 is 0. The zero-order chi connectivity index (χ0) is 9.31. The lowest BCUT2D eigenvalue weighted by Gasteiger charge is -2.37. The summed E-state index contributed by atoms with van der Waals surface area (Å²) in [5, 5.41) is 12.0. The third-order valence-electron chi connectivity index (χ3n) is 3.06. The average molecular weight is 185 g/mol. The number of carboxylic acid groups (broad SMARTS) is 1. The van der Waals surface area contributed by atoms with Gasteiger partial charge in [-0.05, 0) is 12.8 Å². The fourth-order valence-electron chi connectivity index (χ4n) is 2.21. The molecule has 4 nitrogen and oxygen atoms in total. The highest BCUT2D eigenvalue weighted by molar-refractivity contribution is 5.72. The molecule has 4 heteroatoms. The van der Waals surface area contributed by atoms with Crippen LogP contribution in [0.4, 0.5) is 0 Å². The summed E-state index contributed by atoms with van der Waals surface area (Å²) in [6.07, 6.45) is 4.06. The van der Waals surface area contributed by atoms with Crippen LogP contribution in [0, 0.1) is 0 Å². The van der Waals surface area contributed by atoms with Crippen molar-refractivity contribution in [3.8, 4) is 0 Å². The van der Waals surface area contributed by atoms with Crippen molar-refractivity contribution in [2.24, 2.45) is 0 Å². The lowest BCUT2D eigenvalue weighted by atomic mass is 9.97. The second kappa shape index (κ2) is 3.27. The quantitative estimate of drug-likeness (QED) is 0.619. The van der Waals surface area contributed by atoms with Crippen LogP contribution in [0.25, 0.3) is 0 Å². The van der Waals surface area contributed by atoms with Crippen molar-refractivity contribution in [3.05, 3.63) is 0 Å². The normalized spacial score (nSPS) is 32.2. The maximum absolute atomic E-state index is 10.6. The zero-order valence-electron chi connectivity index (χ0n) is 7.58. The van der Waals surface area contributed by atoms with Gasteiger partial charge in [0.2, 0.25) is 0 Å². The van der Waals surface area contributed by atoms with Crippen molar-refractivity contribution < 1.29 is 14.6 Å². The Bertz CT molecular complexity index is 201. The van der Waals surface area contributed by atoms with Gasteiger partial charge in [0.1, 0.15) is 0 Å². The Morgan fingerprint density at radius 3 is 2.62 bits per heavy atom. The Morgan fingerprint density at radius 1 is 1.46 bits per heavy atom. The number of morpholine rings is 1. The van der Waals surface area contributed by atoms with E-state index < -0.39 is 12.1 Å². The number of hydrogen-bond acceptors (Lipinski definition) is 3. The molecule has 1 spiro atoms. The van der Waals surface area contributed by atoms with Gasteiger partial charge in [-0.2, -0.15) is 0 Å². The van der Waals surface area contributed by atoms with Crippen LogP contribution in [0.2, 0.25) is 0 Å². The molecule has 2 fully saturated rings. The number of ether oxygens (including phenoxy) is 1. The maximum atomic E-state index is 10.6. The topological polar surface area (TPSA) is 58.6 Å². The molecule has 2 rings (SSSR count). The zero-order valence-corrected chi connectivity index (χ0v) is 7.58. The Hall–Kier alpha value is -0.610. The van der Waals surface area contributed by atoms with Gasteiger partial charge in [0, 0.05) is 12.1 Å². The standard InChI is InChI=1S/C9H15NO3/c11-8(12)7-5-10-9(6-13-7)3-1-2-4-9/h7,10H,1-6H2,(H,11,12). The lowest BCUT2D eigenvalue weighted by Crippen LogP contribution is -2.57. The number of nitrogens with one attached hydrogen (secondary N) is 1. The van der Waals surface area contributed by atoms with E-state index in [9.17, 15) is 4.79 Å². The summed E-state index contributed by atoms with van der Waals surface area (Å²) < 4.78 is 5.32. The number of carbonyl (C=O) groups is 1. The first-order valence-corrected chi connectivity index (χ1v) is 4.81. The van der Waals surface area contributed by atoms with Crippen molar-refractivity contribution >= 4 is 5.97 Å². The van der Waals surface area contributed by atoms with Crippen LogP contribution in [0.3, 0.4) is 0 Å². The molecule has 0 radical (unpaired) electrons. The SMILES string of the molecule is O=C(O)C1CNC2(CCCC2)CO1. The molecule has 1 saturated carbocycles. The van der Waals surface area contributed by atoms with E-state index in [0.29, 0.717) is 13.2 Å². The third-order valence-corrected chi connectivity index (χ3v) is 3.06. The minimum absolute atomic E-state index is 0.103. The highest BCUT2D eigenvalue weighted by Gasteiger charge is 2.39. The van der Waals surface area contributed by atoms with Crippen molar-refractivity contribution in [2.45, 2.75) is 37.3 Å². The minimum Gasteiger partial charge on any atom is -0.479 e. The largest absolute Gasteiger partial charge is 0.479 e. The fourth-order valence-corrected chi connectivity index (χ4v) is 2.21. The predicted octanol–water partition coefficient (Wildman–Crippen LogP) is 0.372. The smallest absolute Gasteiger partial charge is 0.334 e. The van der Waals surface area contributed by atoms with Crippen LogP contribution in [0.1, 0.15) is 25.7 Å². The maximum Gasteiger partial charge on any atom is 0.334 e.